The molecule has 2 atom stereocenters. The van der Waals surface area contributed by atoms with E-state index >= 15 is 0 Å². The summed E-state index contributed by atoms with van der Waals surface area (Å²) < 4.78 is 70.6. The number of fused-ring (bicyclic) bond motifs is 1. The van der Waals surface area contributed by atoms with Crippen molar-refractivity contribution in [1.29, 1.82) is 0 Å². The van der Waals surface area contributed by atoms with E-state index in [0.29, 0.717) is 30.1 Å². The van der Waals surface area contributed by atoms with Crippen LogP contribution in [0.1, 0.15) is 18.9 Å². The summed E-state index contributed by atoms with van der Waals surface area (Å²) in [5.41, 5.74) is -1.90. The quantitative estimate of drug-likeness (QED) is 0.435. The molecule has 2 aromatic heterocycles. The average Bonchev–Trinajstić information content (AvgIpc) is 3.31. The summed E-state index contributed by atoms with van der Waals surface area (Å²) in [7, 11) is -3.84. The molecule has 3 aromatic rings. The number of anilines is 1. The monoisotopic (exact) mass is 576 g/mol. The van der Waals surface area contributed by atoms with Gasteiger partial charge in [0.2, 0.25) is 10.0 Å². The lowest BCUT2D eigenvalue weighted by Crippen LogP contribution is -2.56. The number of pyridine rings is 1. The molecule has 1 saturated heterocycles. The first kappa shape index (κ1) is 27.5. The number of piperazine rings is 1. The van der Waals surface area contributed by atoms with E-state index in [-0.39, 0.29) is 29.6 Å². The van der Waals surface area contributed by atoms with Gasteiger partial charge in [-0.2, -0.15) is 17.5 Å². The molecule has 12 heteroatoms. The Bertz CT molecular complexity index is 1560. The van der Waals surface area contributed by atoms with E-state index < -0.39 is 21.8 Å². The van der Waals surface area contributed by atoms with Crippen LogP contribution in [0.3, 0.4) is 0 Å². The Labute approximate surface area is 229 Å². The van der Waals surface area contributed by atoms with Crippen LogP contribution in [0.25, 0.3) is 11.0 Å². The molecule has 0 saturated carbocycles. The molecule has 1 aliphatic heterocycles. The lowest BCUT2D eigenvalue weighted by Gasteiger charge is -2.43. The molecule has 0 bridgehead atoms. The second-order valence-electron chi connectivity index (χ2n) is 9.80. The average molecular weight is 577 g/mol. The van der Waals surface area contributed by atoms with Crippen LogP contribution < -0.4 is 4.90 Å². The van der Waals surface area contributed by atoms with Crippen LogP contribution >= 0.6 is 12.2 Å². The molecule has 0 amide bonds. The van der Waals surface area contributed by atoms with Gasteiger partial charge < -0.3 is 14.6 Å². The number of halogens is 3. The molecule has 0 unspecified atom stereocenters. The first-order chi connectivity index (χ1) is 18.4. The number of thiocarbonyl (C=S) groups is 1. The minimum absolute atomic E-state index is 0.124. The van der Waals surface area contributed by atoms with Crippen molar-refractivity contribution in [1.82, 2.24) is 13.9 Å². The van der Waals surface area contributed by atoms with Crippen molar-refractivity contribution in [2.75, 3.05) is 24.5 Å². The zero-order valence-electron chi connectivity index (χ0n) is 21.0. The lowest BCUT2D eigenvalue weighted by molar-refractivity contribution is -0.258. The number of sulfonamides is 1. The predicted molar refractivity (Wildman–Crippen MR) is 148 cm³/mol. The van der Waals surface area contributed by atoms with Crippen molar-refractivity contribution in [3.05, 3.63) is 83.6 Å². The molecular weight excluding hydrogens is 549 g/mol. The van der Waals surface area contributed by atoms with E-state index in [9.17, 15) is 26.7 Å². The highest BCUT2D eigenvalue weighted by Crippen LogP contribution is 2.39. The number of allylic oxidation sites excluding steroid dienone is 4. The van der Waals surface area contributed by atoms with Crippen molar-refractivity contribution >= 4 is 43.8 Å². The Morgan fingerprint density at radius 2 is 1.87 bits per heavy atom. The largest absolute Gasteiger partial charge is 0.421 e. The Kier molecular flexibility index (Phi) is 7.17. The normalized spacial score (nSPS) is 20.7. The van der Waals surface area contributed by atoms with E-state index in [0.717, 1.165) is 18.0 Å². The summed E-state index contributed by atoms with van der Waals surface area (Å²) in [6.45, 7) is 1.73. The fourth-order valence-corrected chi connectivity index (χ4v) is 7.04. The van der Waals surface area contributed by atoms with E-state index in [4.69, 9.17) is 12.2 Å². The molecule has 3 heterocycles. The van der Waals surface area contributed by atoms with Gasteiger partial charge >= 0.3 is 6.18 Å². The van der Waals surface area contributed by atoms with Crippen LogP contribution in [0.15, 0.2) is 78.0 Å². The zero-order chi connectivity index (χ0) is 28.0. The second kappa shape index (κ2) is 10.2. The molecule has 0 spiro atoms. The van der Waals surface area contributed by atoms with Gasteiger partial charge in [0, 0.05) is 60.9 Å². The summed E-state index contributed by atoms with van der Waals surface area (Å²) in [6.07, 6.45) is 4.15. The van der Waals surface area contributed by atoms with E-state index in [1.54, 1.807) is 12.3 Å². The van der Waals surface area contributed by atoms with Crippen molar-refractivity contribution in [2.24, 2.45) is 0 Å². The van der Waals surface area contributed by atoms with Gasteiger partial charge in [0.1, 0.15) is 5.65 Å². The number of aliphatic hydroxyl groups is 1. The molecule has 1 aliphatic carbocycles. The molecule has 1 N–H and O–H groups in total. The zero-order valence-corrected chi connectivity index (χ0v) is 22.7. The third-order valence-corrected chi connectivity index (χ3v) is 9.73. The van der Waals surface area contributed by atoms with Crippen molar-refractivity contribution < 1.29 is 26.7 Å². The minimum Gasteiger partial charge on any atom is -0.376 e. The maximum absolute atomic E-state index is 13.6. The van der Waals surface area contributed by atoms with Crippen LogP contribution in [-0.2, 0) is 22.2 Å². The number of aromatic nitrogens is 2. The van der Waals surface area contributed by atoms with E-state index in [2.05, 4.69) is 4.98 Å². The van der Waals surface area contributed by atoms with Gasteiger partial charge in [0.05, 0.1) is 10.9 Å². The van der Waals surface area contributed by atoms with Crippen LogP contribution in [0.2, 0.25) is 0 Å². The maximum Gasteiger partial charge on any atom is 0.421 e. The van der Waals surface area contributed by atoms with Crippen LogP contribution in [0, 0.1) is 0 Å². The molecule has 2 aliphatic rings. The molecule has 0 radical (unpaired) electrons. The highest BCUT2D eigenvalue weighted by Gasteiger charge is 2.51. The number of hydrogen-bond acceptors (Lipinski definition) is 6. The minimum atomic E-state index is -4.83. The molecule has 1 fully saturated rings. The van der Waals surface area contributed by atoms with Gasteiger partial charge in [-0.1, -0.05) is 36.5 Å². The number of nitrogens with zero attached hydrogens (tertiary/aromatic N) is 4. The third-order valence-electron chi connectivity index (χ3n) is 7.27. The maximum atomic E-state index is 13.6. The van der Waals surface area contributed by atoms with Crippen molar-refractivity contribution in [2.45, 2.75) is 37.7 Å². The van der Waals surface area contributed by atoms with Gasteiger partial charge in [-0.05, 0) is 48.9 Å². The van der Waals surface area contributed by atoms with Gasteiger partial charge in [-0.25, -0.2) is 13.4 Å². The van der Waals surface area contributed by atoms with Gasteiger partial charge in [-0.15, -0.1) is 0 Å². The molecule has 1 aromatic carbocycles. The molecule has 5 rings (SSSR count). The molecule has 206 valence electrons. The van der Waals surface area contributed by atoms with Gasteiger partial charge in [-0.3, -0.25) is 0 Å². The number of benzene rings is 1. The fourth-order valence-electron chi connectivity index (χ4n) is 4.97. The Morgan fingerprint density at radius 1 is 1.13 bits per heavy atom. The number of hydrogen-bond donors (Lipinski definition) is 1. The fraction of sp³-hybridized carbons (Fsp3) is 0.333. The van der Waals surface area contributed by atoms with Gasteiger partial charge in [0.15, 0.2) is 5.60 Å². The predicted octanol–water partition coefficient (Wildman–Crippen LogP) is 4.54. The van der Waals surface area contributed by atoms with Gasteiger partial charge in [0.25, 0.3) is 0 Å². The lowest BCUT2D eigenvalue weighted by atomic mass is 9.95. The smallest absolute Gasteiger partial charge is 0.376 e. The standard InChI is InChI=1S/C27H27F3N4O3S2/c1-26(35,27(28,29)30)20-8-10-21(11-9-20)34-16-15-33(39(36,37)24-7-3-2-6-23(24)38)18-22(34)17-32-14-12-19-5-4-13-31-25(19)32/h2-5,7-14,22,35H,6,15-18H2,1H3/t22-,26+/m0/s1. The first-order valence-corrected chi connectivity index (χ1v) is 14.2. The summed E-state index contributed by atoms with van der Waals surface area (Å²) in [6, 6.07) is 10.9. The third kappa shape index (κ3) is 5.13. The molecular formula is C27H27F3N4O3S2. The molecule has 7 nitrogen and oxygen atoms in total. The first-order valence-electron chi connectivity index (χ1n) is 12.4. The highest BCUT2D eigenvalue weighted by molar-refractivity contribution is 7.96. The Hall–Kier alpha value is -3.06. The summed E-state index contributed by atoms with van der Waals surface area (Å²) in [5, 5.41) is 11.0. The second-order valence-corrected chi connectivity index (χ2v) is 12.2. The Morgan fingerprint density at radius 3 is 2.56 bits per heavy atom. The van der Waals surface area contributed by atoms with Crippen LogP contribution in [0.5, 0.6) is 0 Å². The summed E-state index contributed by atoms with van der Waals surface area (Å²) in [4.78, 5) is 6.94. The van der Waals surface area contributed by atoms with Crippen LogP contribution in [0.4, 0.5) is 18.9 Å². The summed E-state index contributed by atoms with van der Waals surface area (Å²) >= 11 is 5.34. The van der Waals surface area contributed by atoms with Crippen molar-refractivity contribution in [3.8, 4) is 0 Å². The topological polar surface area (TPSA) is 78.7 Å². The summed E-state index contributed by atoms with van der Waals surface area (Å²) in [5.74, 6) is 0. The Balaban J connectivity index is 1.48. The van der Waals surface area contributed by atoms with Crippen molar-refractivity contribution in [3.63, 3.8) is 0 Å². The SMILES string of the molecule is C[C@@](O)(c1ccc(N2CCN(S(=O)(=O)C3=CC=CCC3=S)C[C@@H]2Cn2ccc3cccnc32)cc1)C(F)(F)F. The van der Waals surface area contributed by atoms with E-state index in [1.807, 2.05) is 39.9 Å². The van der Waals surface area contributed by atoms with Crippen LogP contribution in [-0.4, -0.2) is 64.1 Å². The number of alkyl halides is 3. The molecule has 39 heavy (non-hydrogen) atoms. The van der Waals surface area contributed by atoms with E-state index in [1.165, 1.54) is 34.6 Å². The highest BCUT2D eigenvalue weighted by atomic mass is 32.2. The number of rotatable bonds is 6.